The van der Waals surface area contributed by atoms with Crippen molar-refractivity contribution in [1.82, 2.24) is 0 Å². The van der Waals surface area contributed by atoms with Crippen LogP contribution in [0.4, 0.5) is 0 Å². The van der Waals surface area contributed by atoms with Crippen LogP contribution in [-0.4, -0.2) is 61.8 Å². The number of aryl methyl sites for hydroxylation is 1. The highest BCUT2D eigenvalue weighted by Gasteiger charge is 2.10. The Hall–Kier alpha value is -4.84. The summed E-state index contributed by atoms with van der Waals surface area (Å²) in [5.74, 6) is 5.99. The topological polar surface area (TPSA) is 112 Å². The molecular weight excluding hydrogens is 572 g/mol. The number of aliphatic hydroxyl groups is 2. The first kappa shape index (κ1) is 34.6. The predicted octanol–water partition coefficient (Wildman–Crippen LogP) is 5.43. The second-order valence-electron chi connectivity index (χ2n) is 10.2. The standard InChI is InChI=1S/C37H40O8/c1-4-5-6-7-29-8-10-30(11-9-29)12-13-31-14-16-32(17-15-31)33-22-34(42-18-20-44-36(40)27(2)25-38)24-35(23-33)43-19-21-45-37(41)28(3)26-39/h8-11,14-17,22-24,38-39H,2-7,18-21,25-26H2,1H3. The van der Waals surface area contributed by atoms with Gasteiger partial charge in [-0.1, -0.05) is 69.0 Å². The minimum Gasteiger partial charge on any atom is -0.490 e. The van der Waals surface area contributed by atoms with Crippen LogP contribution < -0.4 is 9.47 Å². The molecule has 8 nitrogen and oxygen atoms in total. The fourth-order valence-electron chi connectivity index (χ4n) is 4.05. The van der Waals surface area contributed by atoms with E-state index in [1.165, 1.54) is 24.8 Å². The number of unbranched alkanes of at least 4 members (excludes halogenated alkanes) is 2. The van der Waals surface area contributed by atoms with Crippen LogP contribution in [0.1, 0.15) is 42.9 Å². The summed E-state index contributed by atoms with van der Waals surface area (Å²) in [6, 6.07) is 21.5. The van der Waals surface area contributed by atoms with Crippen LogP contribution >= 0.6 is 0 Å². The van der Waals surface area contributed by atoms with Crippen LogP contribution in [0.5, 0.6) is 11.5 Å². The summed E-state index contributed by atoms with van der Waals surface area (Å²) in [4.78, 5) is 23.4. The molecule has 0 aliphatic carbocycles. The van der Waals surface area contributed by atoms with Gasteiger partial charge in [0.1, 0.15) is 37.9 Å². The molecule has 0 radical (unpaired) electrons. The largest absolute Gasteiger partial charge is 0.490 e. The van der Waals surface area contributed by atoms with E-state index in [2.05, 4.69) is 56.2 Å². The van der Waals surface area contributed by atoms with E-state index in [4.69, 9.17) is 29.2 Å². The Kier molecular flexibility index (Phi) is 14.4. The van der Waals surface area contributed by atoms with Crippen molar-refractivity contribution in [3.05, 3.63) is 108 Å². The van der Waals surface area contributed by atoms with Crippen molar-refractivity contribution >= 4 is 11.9 Å². The number of esters is 2. The third kappa shape index (κ3) is 12.0. The molecule has 0 aliphatic rings. The second kappa shape index (κ2) is 18.7. The minimum atomic E-state index is -0.695. The number of hydrogen-bond acceptors (Lipinski definition) is 8. The molecule has 0 unspecified atom stereocenters. The highest BCUT2D eigenvalue weighted by Crippen LogP contribution is 2.30. The zero-order chi connectivity index (χ0) is 32.4. The van der Waals surface area contributed by atoms with E-state index in [0.29, 0.717) is 11.5 Å². The number of hydrogen-bond donors (Lipinski definition) is 2. The van der Waals surface area contributed by atoms with Gasteiger partial charge in [-0.05, 0) is 65.9 Å². The quantitative estimate of drug-likeness (QED) is 0.0899. The van der Waals surface area contributed by atoms with Gasteiger partial charge in [0.25, 0.3) is 0 Å². The normalized spacial score (nSPS) is 10.3. The SMILES string of the molecule is C=C(CO)C(=O)OCCOc1cc(OCCOC(=O)C(=C)CO)cc(-c2ccc(C#Cc3ccc(CCCCC)cc3)cc2)c1. The zero-order valence-corrected chi connectivity index (χ0v) is 25.7. The molecule has 0 saturated heterocycles. The van der Waals surface area contributed by atoms with Crippen LogP contribution in [0.3, 0.4) is 0 Å². The van der Waals surface area contributed by atoms with Gasteiger partial charge in [0, 0.05) is 17.2 Å². The van der Waals surface area contributed by atoms with Crippen molar-refractivity contribution in [1.29, 1.82) is 0 Å². The van der Waals surface area contributed by atoms with E-state index < -0.39 is 25.2 Å². The molecule has 0 bridgehead atoms. The molecule has 0 spiro atoms. The Morgan fingerprint density at radius 3 is 1.62 bits per heavy atom. The summed E-state index contributed by atoms with van der Waals surface area (Å²) in [5.41, 5.74) is 4.77. The molecule has 3 rings (SSSR count). The molecule has 0 aromatic heterocycles. The lowest BCUT2D eigenvalue weighted by molar-refractivity contribution is -0.141. The zero-order valence-electron chi connectivity index (χ0n) is 25.7. The number of ether oxygens (including phenoxy) is 4. The number of carbonyl (C=O) groups is 2. The highest BCUT2D eigenvalue weighted by atomic mass is 16.6. The van der Waals surface area contributed by atoms with Gasteiger partial charge >= 0.3 is 11.9 Å². The maximum absolute atomic E-state index is 11.7. The molecule has 45 heavy (non-hydrogen) atoms. The maximum Gasteiger partial charge on any atom is 0.335 e. The van der Waals surface area contributed by atoms with E-state index in [1.807, 2.05) is 36.4 Å². The Morgan fingerprint density at radius 2 is 1.16 bits per heavy atom. The first-order valence-electron chi connectivity index (χ1n) is 14.9. The van der Waals surface area contributed by atoms with Crippen molar-refractivity contribution < 1.29 is 38.7 Å². The van der Waals surface area contributed by atoms with Crippen LogP contribution in [0.15, 0.2) is 91.0 Å². The smallest absolute Gasteiger partial charge is 0.335 e. The number of rotatable bonds is 17. The van der Waals surface area contributed by atoms with Crippen molar-refractivity contribution in [2.45, 2.75) is 32.6 Å². The van der Waals surface area contributed by atoms with Gasteiger partial charge in [0.15, 0.2) is 0 Å². The molecule has 0 saturated carbocycles. The van der Waals surface area contributed by atoms with Gasteiger partial charge in [-0.25, -0.2) is 9.59 Å². The van der Waals surface area contributed by atoms with Gasteiger partial charge in [0.2, 0.25) is 0 Å². The molecule has 0 fully saturated rings. The highest BCUT2D eigenvalue weighted by molar-refractivity contribution is 5.88. The molecule has 0 aliphatic heterocycles. The van der Waals surface area contributed by atoms with Gasteiger partial charge in [0.05, 0.1) is 24.4 Å². The van der Waals surface area contributed by atoms with Gasteiger partial charge in [-0.3, -0.25) is 0 Å². The van der Waals surface area contributed by atoms with E-state index in [1.54, 1.807) is 6.07 Å². The second-order valence-corrected chi connectivity index (χ2v) is 10.2. The average molecular weight is 613 g/mol. The molecule has 2 N–H and O–H groups in total. The van der Waals surface area contributed by atoms with E-state index >= 15 is 0 Å². The number of benzene rings is 3. The van der Waals surface area contributed by atoms with Crippen LogP contribution in [0.25, 0.3) is 11.1 Å². The molecule has 8 heteroatoms. The van der Waals surface area contributed by atoms with Crippen molar-refractivity contribution in [2.24, 2.45) is 0 Å². The van der Waals surface area contributed by atoms with E-state index in [0.717, 1.165) is 28.7 Å². The average Bonchev–Trinajstić information content (AvgIpc) is 3.07. The summed E-state index contributed by atoms with van der Waals surface area (Å²) in [6.45, 7) is 8.14. The Bertz CT molecular complexity index is 1440. The first-order valence-corrected chi connectivity index (χ1v) is 14.9. The molecule has 3 aromatic rings. The van der Waals surface area contributed by atoms with Gasteiger partial charge in [-0.2, -0.15) is 0 Å². The summed E-state index contributed by atoms with van der Waals surface area (Å²) in [7, 11) is 0. The lowest BCUT2D eigenvalue weighted by Crippen LogP contribution is -2.15. The molecule has 236 valence electrons. The third-order valence-corrected chi connectivity index (χ3v) is 6.60. The summed E-state index contributed by atoms with van der Waals surface area (Å²) in [5, 5.41) is 18.0. The summed E-state index contributed by atoms with van der Waals surface area (Å²) < 4.78 is 21.7. The van der Waals surface area contributed by atoms with Crippen LogP contribution in [0, 0.1) is 11.8 Å². The minimum absolute atomic E-state index is 0.0419. The van der Waals surface area contributed by atoms with Crippen LogP contribution in [0.2, 0.25) is 0 Å². The first-order chi connectivity index (χ1) is 21.8. The monoisotopic (exact) mass is 612 g/mol. The Balaban J connectivity index is 1.69. The van der Waals surface area contributed by atoms with Crippen molar-refractivity contribution in [2.75, 3.05) is 39.6 Å². The van der Waals surface area contributed by atoms with Gasteiger partial charge < -0.3 is 29.2 Å². The van der Waals surface area contributed by atoms with Crippen molar-refractivity contribution in [3.8, 4) is 34.5 Å². The molecule has 3 aromatic carbocycles. The Labute approximate surface area is 264 Å². The molecule has 0 atom stereocenters. The van der Waals surface area contributed by atoms with Crippen molar-refractivity contribution in [3.63, 3.8) is 0 Å². The number of aliphatic hydroxyl groups excluding tert-OH is 2. The fourth-order valence-corrected chi connectivity index (χ4v) is 4.05. The van der Waals surface area contributed by atoms with E-state index in [-0.39, 0.29) is 37.6 Å². The lowest BCUT2D eigenvalue weighted by atomic mass is 10.0. The third-order valence-electron chi connectivity index (χ3n) is 6.60. The fraction of sp³-hybridized carbons (Fsp3) is 0.297. The molecular formula is C37H40O8. The number of carbonyl (C=O) groups excluding carboxylic acids is 2. The summed E-state index contributed by atoms with van der Waals surface area (Å²) in [6.07, 6.45) is 4.74. The predicted molar refractivity (Wildman–Crippen MR) is 173 cm³/mol. The lowest BCUT2D eigenvalue weighted by Gasteiger charge is -2.13. The summed E-state index contributed by atoms with van der Waals surface area (Å²) >= 11 is 0. The van der Waals surface area contributed by atoms with Crippen LogP contribution in [-0.2, 0) is 25.5 Å². The van der Waals surface area contributed by atoms with E-state index in [9.17, 15) is 9.59 Å². The maximum atomic E-state index is 11.7. The molecule has 0 amide bonds. The molecule has 0 heterocycles. The van der Waals surface area contributed by atoms with Gasteiger partial charge in [-0.15, -0.1) is 0 Å². The Morgan fingerprint density at radius 1 is 0.667 bits per heavy atom.